The molecular formula is C17H25N3OS. The van der Waals surface area contributed by atoms with Crippen molar-refractivity contribution < 1.29 is 4.79 Å². The number of nitrogens with zero attached hydrogens (tertiary/aromatic N) is 3. The van der Waals surface area contributed by atoms with Crippen LogP contribution in [0.15, 0.2) is 5.38 Å². The quantitative estimate of drug-likeness (QED) is 0.858. The van der Waals surface area contributed by atoms with E-state index in [1.54, 1.807) is 11.3 Å². The molecule has 0 aromatic carbocycles. The first-order valence-corrected chi connectivity index (χ1v) is 9.38. The number of rotatable bonds is 3. The fraction of sp³-hybridized carbons (Fsp3) is 0.765. The second-order valence-corrected chi connectivity index (χ2v) is 8.65. The molecule has 1 aliphatic carbocycles. The molecule has 2 saturated heterocycles. The van der Waals surface area contributed by atoms with Crippen molar-refractivity contribution in [1.82, 2.24) is 14.8 Å². The maximum atomic E-state index is 12.5. The number of carbonyl (C=O) groups excluding carboxylic acids is 1. The van der Waals surface area contributed by atoms with E-state index < -0.39 is 0 Å². The second-order valence-electron chi connectivity index (χ2n) is 7.59. The van der Waals surface area contributed by atoms with Crippen LogP contribution >= 0.6 is 11.3 Å². The van der Waals surface area contributed by atoms with Crippen LogP contribution in [0.1, 0.15) is 30.5 Å². The summed E-state index contributed by atoms with van der Waals surface area (Å²) in [5, 5.41) is 3.33. The average Bonchev–Trinajstić information content (AvgIpc) is 3.09. The van der Waals surface area contributed by atoms with Crippen molar-refractivity contribution in [3.05, 3.63) is 16.1 Å². The maximum Gasteiger partial charge on any atom is 0.225 e. The van der Waals surface area contributed by atoms with E-state index in [9.17, 15) is 4.79 Å². The number of hydrogen-bond acceptors (Lipinski definition) is 4. The molecule has 3 heterocycles. The average molecular weight is 319 g/mol. The van der Waals surface area contributed by atoms with Gasteiger partial charge in [0.25, 0.3) is 0 Å². The number of carbonyl (C=O) groups is 1. The lowest BCUT2D eigenvalue weighted by molar-refractivity contribution is -0.139. The zero-order chi connectivity index (χ0) is 15.3. The molecule has 4 rings (SSSR count). The minimum Gasteiger partial charge on any atom is -0.342 e. The highest BCUT2D eigenvalue weighted by atomic mass is 32.1. The van der Waals surface area contributed by atoms with Gasteiger partial charge < -0.3 is 4.90 Å². The summed E-state index contributed by atoms with van der Waals surface area (Å²) in [4.78, 5) is 21.7. The van der Waals surface area contributed by atoms with Crippen molar-refractivity contribution in [2.45, 2.75) is 33.2 Å². The van der Waals surface area contributed by atoms with Crippen molar-refractivity contribution in [1.29, 1.82) is 0 Å². The Bertz CT molecular complexity index is 552. The van der Waals surface area contributed by atoms with Crippen LogP contribution in [0.2, 0.25) is 0 Å². The summed E-state index contributed by atoms with van der Waals surface area (Å²) in [6.45, 7) is 9.53. The summed E-state index contributed by atoms with van der Waals surface area (Å²) in [6.07, 6.45) is 2.22. The van der Waals surface area contributed by atoms with E-state index in [4.69, 9.17) is 0 Å². The molecule has 1 saturated carbocycles. The molecule has 1 aromatic rings. The molecule has 5 heteroatoms. The van der Waals surface area contributed by atoms with Crippen LogP contribution in [0.3, 0.4) is 0 Å². The van der Waals surface area contributed by atoms with Gasteiger partial charge in [0, 0.05) is 44.0 Å². The number of hydrogen-bond donors (Lipinski definition) is 0. The smallest absolute Gasteiger partial charge is 0.225 e. The highest BCUT2D eigenvalue weighted by Crippen LogP contribution is 2.38. The van der Waals surface area contributed by atoms with E-state index in [1.165, 1.54) is 5.69 Å². The van der Waals surface area contributed by atoms with E-state index in [2.05, 4.69) is 34.0 Å². The molecular weight excluding hydrogens is 294 g/mol. The first kappa shape index (κ1) is 14.6. The van der Waals surface area contributed by atoms with Gasteiger partial charge in [-0.2, -0.15) is 0 Å². The molecule has 0 radical (unpaired) electrons. The van der Waals surface area contributed by atoms with Crippen LogP contribution in [-0.4, -0.2) is 46.9 Å². The Balaban J connectivity index is 1.30. The van der Waals surface area contributed by atoms with Crippen LogP contribution in [0.4, 0.5) is 0 Å². The molecule has 1 amide bonds. The Kier molecular flexibility index (Phi) is 3.73. The molecule has 3 fully saturated rings. The monoisotopic (exact) mass is 319 g/mol. The van der Waals surface area contributed by atoms with Gasteiger partial charge >= 0.3 is 0 Å². The summed E-state index contributed by atoms with van der Waals surface area (Å²) in [5.41, 5.74) is 1.21. The molecule has 4 nitrogen and oxygen atoms in total. The third-order valence-electron chi connectivity index (χ3n) is 5.65. The third-order valence-corrected chi connectivity index (χ3v) is 6.47. The predicted octanol–water partition coefficient (Wildman–Crippen LogP) is 2.39. The highest BCUT2D eigenvalue weighted by Gasteiger charge is 2.44. The van der Waals surface area contributed by atoms with Crippen LogP contribution in [0.25, 0.3) is 0 Å². The number of thiazole rings is 1. The van der Waals surface area contributed by atoms with Gasteiger partial charge in [-0.25, -0.2) is 4.98 Å². The van der Waals surface area contributed by atoms with E-state index in [0.29, 0.717) is 23.7 Å². The van der Waals surface area contributed by atoms with Crippen molar-refractivity contribution in [3.63, 3.8) is 0 Å². The lowest BCUT2D eigenvalue weighted by atomic mass is 9.75. The van der Waals surface area contributed by atoms with E-state index in [0.717, 1.165) is 56.5 Å². The van der Waals surface area contributed by atoms with Crippen LogP contribution < -0.4 is 0 Å². The fourth-order valence-corrected chi connectivity index (χ4v) is 5.08. The lowest BCUT2D eigenvalue weighted by Gasteiger charge is -2.34. The Morgan fingerprint density at radius 3 is 2.50 bits per heavy atom. The molecule has 120 valence electrons. The normalized spacial score (nSPS) is 34.7. The van der Waals surface area contributed by atoms with Gasteiger partial charge in [-0.1, -0.05) is 6.92 Å². The molecule has 1 aromatic heterocycles. The van der Waals surface area contributed by atoms with Gasteiger partial charge in [0.15, 0.2) is 0 Å². The number of aromatic nitrogens is 1. The second kappa shape index (κ2) is 5.60. The molecule has 2 atom stereocenters. The molecule has 3 aliphatic rings. The first-order chi connectivity index (χ1) is 10.6. The summed E-state index contributed by atoms with van der Waals surface area (Å²) in [6, 6.07) is 0. The number of amides is 1. The lowest BCUT2D eigenvalue weighted by Crippen LogP contribution is -2.41. The van der Waals surface area contributed by atoms with Crippen molar-refractivity contribution in [3.8, 4) is 0 Å². The van der Waals surface area contributed by atoms with Crippen LogP contribution in [0, 0.1) is 30.6 Å². The van der Waals surface area contributed by atoms with E-state index >= 15 is 0 Å². The van der Waals surface area contributed by atoms with E-state index in [-0.39, 0.29) is 0 Å². The van der Waals surface area contributed by atoms with Crippen LogP contribution in [0.5, 0.6) is 0 Å². The Morgan fingerprint density at radius 1 is 1.27 bits per heavy atom. The third kappa shape index (κ3) is 2.69. The first-order valence-electron chi connectivity index (χ1n) is 8.50. The molecule has 0 spiro atoms. The van der Waals surface area contributed by atoms with Crippen molar-refractivity contribution in [2.75, 3.05) is 26.2 Å². The SMILES string of the molecule is Cc1nc(CN2C[C@@H]3CN(C(=O)C4CC(C)C4)C[C@@H]3C2)cs1. The molecule has 0 N–H and O–H groups in total. The topological polar surface area (TPSA) is 36.4 Å². The molecule has 2 aliphatic heterocycles. The zero-order valence-electron chi connectivity index (χ0n) is 13.5. The standard InChI is InChI=1S/C17H25N3OS/c1-11-3-13(4-11)17(21)20-7-14-5-19(6-15(14)8-20)9-16-10-22-12(2)18-16/h10-11,13-15H,3-9H2,1-2H3/t11?,13?,14-,15+. The van der Waals surface area contributed by atoms with Gasteiger partial charge in [0.1, 0.15) is 0 Å². The van der Waals surface area contributed by atoms with Crippen molar-refractivity contribution in [2.24, 2.45) is 23.7 Å². The number of aryl methyl sites for hydroxylation is 1. The number of likely N-dealkylation sites (tertiary alicyclic amines) is 2. The predicted molar refractivity (Wildman–Crippen MR) is 87.6 cm³/mol. The summed E-state index contributed by atoms with van der Waals surface area (Å²) < 4.78 is 0. The van der Waals surface area contributed by atoms with Gasteiger partial charge in [-0.05, 0) is 37.5 Å². The minimum atomic E-state index is 0.336. The summed E-state index contributed by atoms with van der Waals surface area (Å²) in [7, 11) is 0. The largest absolute Gasteiger partial charge is 0.342 e. The zero-order valence-corrected chi connectivity index (χ0v) is 14.3. The van der Waals surface area contributed by atoms with Crippen molar-refractivity contribution >= 4 is 17.2 Å². The fourth-order valence-electron chi connectivity index (χ4n) is 4.47. The Labute approximate surface area is 136 Å². The molecule has 0 bridgehead atoms. The highest BCUT2D eigenvalue weighted by molar-refractivity contribution is 7.09. The summed E-state index contributed by atoms with van der Waals surface area (Å²) in [5.74, 6) is 2.90. The molecule has 22 heavy (non-hydrogen) atoms. The Morgan fingerprint density at radius 2 is 1.95 bits per heavy atom. The molecule has 0 unspecified atom stereocenters. The maximum absolute atomic E-state index is 12.5. The van der Waals surface area contributed by atoms with Gasteiger partial charge in [0.2, 0.25) is 5.91 Å². The van der Waals surface area contributed by atoms with Crippen LogP contribution in [-0.2, 0) is 11.3 Å². The Hall–Kier alpha value is -0.940. The van der Waals surface area contributed by atoms with Gasteiger partial charge in [-0.3, -0.25) is 9.69 Å². The summed E-state index contributed by atoms with van der Waals surface area (Å²) >= 11 is 1.73. The number of fused-ring (bicyclic) bond motifs is 1. The van der Waals surface area contributed by atoms with E-state index in [1.807, 2.05) is 0 Å². The van der Waals surface area contributed by atoms with Gasteiger partial charge in [0.05, 0.1) is 10.7 Å². The minimum absolute atomic E-state index is 0.336. The van der Waals surface area contributed by atoms with Gasteiger partial charge in [-0.15, -0.1) is 11.3 Å².